The van der Waals surface area contributed by atoms with E-state index in [2.05, 4.69) is 15.6 Å². The fourth-order valence-electron chi connectivity index (χ4n) is 2.36. The molecule has 24 heavy (non-hydrogen) atoms. The summed E-state index contributed by atoms with van der Waals surface area (Å²) in [4.78, 5) is 38.4. The Morgan fingerprint density at radius 1 is 1.17 bits per heavy atom. The molecule has 2 aromatic rings. The van der Waals surface area contributed by atoms with Gasteiger partial charge in [0, 0.05) is 35.5 Å². The summed E-state index contributed by atoms with van der Waals surface area (Å²) in [6.45, 7) is 5.55. The Labute approximate surface area is 140 Å². The summed E-state index contributed by atoms with van der Waals surface area (Å²) in [5, 5.41) is 5.45. The van der Waals surface area contributed by atoms with Gasteiger partial charge in [-0.15, -0.1) is 0 Å². The van der Waals surface area contributed by atoms with Crippen molar-refractivity contribution in [3.05, 3.63) is 63.1 Å². The van der Waals surface area contributed by atoms with Crippen LogP contribution in [0.1, 0.15) is 40.5 Å². The lowest BCUT2D eigenvalue weighted by molar-refractivity contribution is -0.115. The summed E-state index contributed by atoms with van der Waals surface area (Å²) in [6, 6.07) is 8.55. The molecule has 6 heteroatoms. The van der Waals surface area contributed by atoms with Crippen LogP contribution in [0, 0.1) is 13.8 Å². The summed E-state index contributed by atoms with van der Waals surface area (Å²) in [5.41, 5.74) is 2.94. The minimum absolute atomic E-state index is 0.116. The first-order valence-electron chi connectivity index (χ1n) is 7.78. The van der Waals surface area contributed by atoms with Gasteiger partial charge in [-0.25, -0.2) is 0 Å². The third-order valence-electron chi connectivity index (χ3n) is 3.65. The van der Waals surface area contributed by atoms with Crippen LogP contribution in [0.15, 0.2) is 35.1 Å². The molecule has 0 fully saturated rings. The van der Waals surface area contributed by atoms with Gasteiger partial charge in [0.2, 0.25) is 5.91 Å². The Morgan fingerprint density at radius 3 is 2.58 bits per heavy atom. The molecule has 0 saturated carbocycles. The number of hydrogen-bond acceptors (Lipinski definition) is 3. The molecule has 1 aromatic carbocycles. The Balaban J connectivity index is 2.09. The normalized spacial score (nSPS) is 10.3. The van der Waals surface area contributed by atoms with Crippen LogP contribution >= 0.6 is 0 Å². The topological polar surface area (TPSA) is 91.1 Å². The van der Waals surface area contributed by atoms with Gasteiger partial charge in [-0.2, -0.15) is 0 Å². The predicted molar refractivity (Wildman–Crippen MR) is 93.1 cm³/mol. The van der Waals surface area contributed by atoms with Gasteiger partial charge in [0.1, 0.15) is 0 Å². The predicted octanol–water partition coefficient (Wildman–Crippen LogP) is 2.27. The van der Waals surface area contributed by atoms with Gasteiger partial charge in [0.25, 0.3) is 11.5 Å². The van der Waals surface area contributed by atoms with E-state index in [1.807, 2.05) is 19.9 Å². The van der Waals surface area contributed by atoms with Gasteiger partial charge >= 0.3 is 0 Å². The van der Waals surface area contributed by atoms with E-state index in [1.165, 1.54) is 0 Å². The standard InChI is InChI=1S/C18H21N3O3/c1-4-16(22)21-14-7-5-6-13(9-14)17(23)19-10-15-11(2)8-12(3)20-18(15)24/h5-9H,4,10H2,1-3H3,(H,19,23)(H,20,24)(H,21,22). The number of H-pyrrole nitrogens is 1. The Hall–Kier alpha value is -2.89. The Kier molecular flexibility index (Phi) is 5.52. The van der Waals surface area contributed by atoms with Gasteiger partial charge in [-0.1, -0.05) is 13.0 Å². The summed E-state index contributed by atoms with van der Waals surface area (Å²) in [5.74, 6) is -0.420. The number of hydrogen-bond donors (Lipinski definition) is 3. The van der Waals surface area contributed by atoms with E-state index in [9.17, 15) is 14.4 Å². The zero-order valence-corrected chi connectivity index (χ0v) is 14.0. The number of nitrogens with one attached hydrogen (secondary N) is 3. The molecule has 126 valence electrons. The van der Waals surface area contributed by atoms with Crippen molar-refractivity contribution in [3.63, 3.8) is 0 Å². The summed E-state index contributed by atoms with van der Waals surface area (Å²) in [7, 11) is 0. The van der Waals surface area contributed by atoms with E-state index >= 15 is 0 Å². The highest BCUT2D eigenvalue weighted by molar-refractivity contribution is 5.97. The molecule has 0 aliphatic rings. The second kappa shape index (κ2) is 7.59. The van der Waals surface area contributed by atoms with Crippen molar-refractivity contribution in [3.8, 4) is 0 Å². The van der Waals surface area contributed by atoms with Crippen molar-refractivity contribution in [2.45, 2.75) is 33.7 Å². The minimum Gasteiger partial charge on any atom is -0.348 e. The van der Waals surface area contributed by atoms with E-state index in [4.69, 9.17) is 0 Å². The van der Waals surface area contributed by atoms with Crippen molar-refractivity contribution in [2.24, 2.45) is 0 Å². The fourth-order valence-corrected chi connectivity index (χ4v) is 2.36. The second-order valence-corrected chi connectivity index (χ2v) is 5.61. The number of aromatic amines is 1. The van der Waals surface area contributed by atoms with E-state index in [0.29, 0.717) is 23.2 Å². The summed E-state index contributed by atoms with van der Waals surface area (Å²) < 4.78 is 0. The monoisotopic (exact) mass is 327 g/mol. The van der Waals surface area contributed by atoms with Gasteiger partial charge in [0.15, 0.2) is 0 Å². The molecular formula is C18H21N3O3. The Morgan fingerprint density at radius 2 is 1.92 bits per heavy atom. The highest BCUT2D eigenvalue weighted by Crippen LogP contribution is 2.11. The first kappa shape index (κ1) is 17.5. The molecule has 0 saturated heterocycles. The van der Waals surface area contributed by atoms with E-state index < -0.39 is 0 Å². The summed E-state index contributed by atoms with van der Waals surface area (Å²) in [6.07, 6.45) is 0.367. The molecule has 0 atom stereocenters. The molecule has 0 bridgehead atoms. The van der Waals surface area contributed by atoms with Gasteiger partial charge in [-0.05, 0) is 43.7 Å². The summed E-state index contributed by atoms with van der Waals surface area (Å²) >= 11 is 0. The van der Waals surface area contributed by atoms with Crippen LogP contribution < -0.4 is 16.2 Å². The van der Waals surface area contributed by atoms with Crippen molar-refractivity contribution in [2.75, 3.05) is 5.32 Å². The van der Waals surface area contributed by atoms with Crippen LogP contribution in [-0.4, -0.2) is 16.8 Å². The lowest BCUT2D eigenvalue weighted by atomic mass is 10.1. The zero-order valence-electron chi connectivity index (χ0n) is 14.0. The number of carbonyl (C=O) groups excluding carboxylic acids is 2. The molecule has 2 amide bonds. The third-order valence-corrected chi connectivity index (χ3v) is 3.65. The SMILES string of the molecule is CCC(=O)Nc1cccc(C(=O)NCc2c(C)cc(C)[nH]c2=O)c1. The maximum Gasteiger partial charge on any atom is 0.253 e. The molecule has 0 aliphatic heterocycles. The van der Waals surface area contributed by atoms with Gasteiger partial charge in [-0.3, -0.25) is 14.4 Å². The molecule has 0 unspecified atom stereocenters. The van der Waals surface area contributed by atoms with Crippen molar-refractivity contribution in [1.82, 2.24) is 10.3 Å². The number of pyridine rings is 1. The molecular weight excluding hydrogens is 306 g/mol. The minimum atomic E-state index is -0.304. The maximum atomic E-state index is 12.3. The van der Waals surface area contributed by atoms with Gasteiger partial charge < -0.3 is 15.6 Å². The van der Waals surface area contributed by atoms with E-state index in [1.54, 1.807) is 31.2 Å². The maximum absolute atomic E-state index is 12.3. The number of aryl methyl sites for hydroxylation is 2. The lowest BCUT2D eigenvalue weighted by Gasteiger charge is -2.09. The fraction of sp³-hybridized carbons (Fsp3) is 0.278. The molecule has 0 aliphatic carbocycles. The van der Waals surface area contributed by atoms with Crippen LogP contribution in [0.5, 0.6) is 0 Å². The molecule has 6 nitrogen and oxygen atoms in total. The number of aromatic nitrogens is 1. The molecule has 0 spiro atoms. The largest absolute Gasteiger partial charge is 0.348 e. The third kappa shape index (κ3) is 4.32. The van der Waals surface area contributed by atoms with E-state index in [-0.39, 0.29) is 23.9 Å². The number of rotatable bonds is 5. The molecule has 2 rings (SSSR count). The average Bonchev–Trinajstić information content (AvgIpc) is 2.53. The average molecular weight is 327 g/mol. The number of benzene rings is 1. The first-order chi connectivity index (χ1) is 11.4. The van der Waals surface area contributed by atoms with Crippen molar-refractivity contribution in [1.29, 1.82) is 0 Å². The molecule has 0 radical (unpaired) electrons. The number of amides is 2. The zero-order chi connectivity index (χ0) is 17.7. The van der Waals surface area contributed by atoms with Gasteiger partial charge in [0.05, 0.1) is 0 Å². The van der Waals surface area contributed by atoms with Crippen LogP contribution in [0.4, 0.5) is 5.69 Å². The number of carbonyl (C=O) groups is 2. The highest BCUT2D eigenvalue weighted by atomic mass is 16.2. The quantitative estimate of drug-likeness (QED) is 0.787. The highest BCUT2D eigenvalue weighted by Gasteiger charge is 2.10. The Bertz CT molecular complexity index is 824. The van der Waals surface area contributed by atoms with Crippen LogP contribution in [-0.2, 0) is 11.3 Å². The van der Waals surface area contributed by atoms with Crippen LogP contribution in [0.25, 0.3) is 0 Å². The lowest BCUT2D eigenvalue weighted by Crippen LogP contribution is -2.28. The van der Waals surface area contributed by atoms with Crippen molar-refractivity contribution >= 4 is 17.5 Å². The van der Waals surface area contributed by atoms with Crippen molar-refractivity contribution < 1.29 is 9.59 Å². The first-order valence-corrected chi connectivity index (χ1v) is 7.78. The molecule has 1 heterocycles. The smallest absolute Gasteiger partial charge is 0.253 e. The number of anilines is 1. The second-order valence-electron chi connectivity index (χ2n) is 5.61. The molecule has 3 N–H and O–H groups in total. The molecule has 1 aromatic heterocycles. The van der Waals surface area contributed by atoms with E-state index in [0.717, 1.165) is 11.3 Å². The van der Waals surface area contributed by atoms with Crippen LogP contribution in [0.3, 0.4) is 0 Å². The van der Waals surface area contributed by atoms with Crippen LogP contribution in [0.2, 0.25) is 0 Å².